The van der Waals surface area contributed by atoms with Gasteiger partial charge < -0.3 is 21.7 Å². The number of benzene rings is 2. The van der Waals surface area contributed by atoms with E-state index in [9.17, 15) is 9.59 Å². The molecule has 0 radical (unpaired) electrons. The number of para-hydroxylation sites is 1. The van der Waals surface area contributed by atoms with Crippen molar-refractivity contribution in [1.82, 2.24) is 5.32 Å². The summed E-state index contributed by atoms with van der Waals surface area (Å²) in [6.45, 7) is 0. The first-order valence-corrected chi connectivity index (χ1v) is 10.4. The van der Waals surface area contributed by atoms with Gasteiger partial charge >= 0.3 is 6.03 Å². The standard InChI is InChI=1S/C23H28N4O2.ClH/c24-18-13-16-5-4-6-17(14-18)21(16)27-22(28)15-9-11-20(12-10-15)26-23(29)25-19-7-2-1-3-8-19;/h1-3,7-12,16-18,21H,4-6,13-14,24H2,(H,27,28)(H2,25,26,29);1H. The lowest BCUT2D eigenvalue weighted by Crippen LogP contribution is -2.53. The molecule has 3 amide bonds. The number of rotatable bonds is 4. The largest absolute Gasteiger partial charge is 0.349 e. The number of halogens is 1. The van der Waals surface area contributed by atoms with E-state index < -0.39 is 0 Å². The normalized spacial score (nSPS) is 24.8. The van der Waals surface area contributed by atoms with E-state index in [1.165, 1.54) is 6.42 Å². The number of nitrogens with two attached hydrogens (primary N) is 1. The summed E-state index contributed by atoms with van der Waals surface area (Å²) in [7, 11) is 0. The molecule has 2 unspecified atom stereocenters. The molecule has 0 saturated heterocycles. The van der Waals surface area contributed by atoms with Crippen molar-refractivity contribution in [3.63, 3.8) is 0 Å². The van der Waals surface area contributed by atoms with Crippen molar-refractivity contribution in [1.29, 1.82) is 0 Å². The van der Waals surface area contributed by atoms with Crippen LogP contribution in [0.2, 0.25) is 0 Å². The molecule has 0 spiro atoms. The van der Waals surface area contributed by atoms with Crippen molar-refractivity contribution in [3.8, 4) is 0 Å². The molecular formula is C23H29ClN4O2. The number of fused-ring (bicyclic) bond motifs is 2. The monoisotopic (exact) mass is 428 g/mol. The number of urea groups is 1. The summed E-state index contributed by atoms with van der Waals surface area (Å²) in [5, 5.41) is 8.80. The molecule has 0 aromatic heterocycles. The van der Waals surface area contributed by atoms with Gasteiger partial charge in [0.2, 0.25) is 0 Å². The zero-order valence-corrected chi connectivity index (χ0v) is 17.7. The first-order valence-electron chi connectivity index (χ1n) is 10.4. The Kier molecular flexibility index (Phi) is 7.34. The summed E-state index contributed by atoms with van der Waals surface area (Å²) in [6, 6.07) is 16.4. The zero-order valence-electron chi connectivity index (χ0n) is 16.8. The topological polar surface area (TPSA) is 96.2 Å². The van der Waals surface area contributed by atoms with Crippen LogP contribution < -0.4 is 21.7 Å². The fourth-order valence-electron chi connectivity index (χ4n) is 4.78. The number of carbonyl (C=O) groups is 2. The molecular weight excluding hydrogens is 400 g/mol. The van der Waals surface area contributed by atoms with Crippen LogP contribution in [0, 0.1) is 11.8 Å². The second-order valence-electron chi connectivity index (χ2n) is 8.20. The third-order valence-electron chi connectivity index (χ3n) is 6.11. The number of carbonyl (C=O) groups excluding carboxylic acids is 2. The van der Waals surface area contributed by atoms with Crippen molar-refractivity contribution in [2.45, 2.75) is 44.2 Å². The molecule has 0 aliphatic heterocycles. The summed E-state index contributed by atoms with van der Waals surface area (Å²) in [5.41, 5.74) is 8.14. The van der Waals surface area contributed by atoms with Crippen LogP contribution in [0.25, 0.3) is 0 Å². The van der Waals surface area contributed by atoms with Crippen LogP contribution in [-0.4, -0.2) is 24.0 Å². The molecule has 4 rings (SSSR count). The molecule has 7 heteroatoms. The fraction of sp³-hybridized carbons (Fsp3) is 0.391. The molecule has 2 atom stereocenters. The maximum atomic E-state index is 12.8. The van der Waals surface area contributed by atoms with Gasteiger partial charge in [-0.3, -0.25) is 4.79 Å². The Labute approximate surface area is 183 Å². The third kappa shape index (κ3) is 5.32. The number of nitrogens with one attached hydrogen (secondary N) is 3. The summed E-state index contributed by atoms with van der Waals surface area (Å²) in [4.78, 5) is 24.8. The molecule has 2 aliphatic rings. The molecule has 2 bridgehead atoms. The molecule has 160 valence electrons. The third-order valence-corrected chi connectivity index (χ3v) is 6.11. The second kappa shape index (κ2) is 9.96. The molecule has 30 heavy (non-hydrogen) atoms. The predicted molar refractivity (Wildman–Crippen MR) is 122 cm³/mol. The Balaban J connectivity index is 0.00000256. The van der Waals surface area contributed by atoms with E-state index in [1.54, 1.807) is 24.3 Å². The van der Waals surface area contributed by atoms with Crippen LogP contribution in [0.4, 0.5) is 16.2 Å². The van der Waals surface area contributed by atoms with Crippen LogP contribution in [0.15, 0.2) is 54.6 Å². The molecule has 2 saturated carbocycles. The minimum atomic E-state index is -0.320. The van der Waals surface area contributed by atoms with Crippen molar-refractivity contribution >= 4 is 35.7 Å². The van der Waals surface area contributed by atoms with E-state index in [2.05, 4.69) is 16.0 Å². The van der Waals surface area contributed by atoms with Crippen molar-refractivity contribution in [3.05, 3.63) is 60.2 Å². The van der Waals surface area contributed by atoms with E-state index >= 15 is 0 Å². The predicted octanol–water partition coefficient (Wildman–Crippen LogP) is 4.39. The summed E-state index contributed by atoms with van der Waals surface area (Å²) in [5.74, 6) is 0.927. The van der Waals surface area contributed by atoms with Crippen LogP contribution in [0.1, 0.15) is 42.5 Å². The minimum absolute atomic E-state index is 0. The second-order valence-corrected chi connectivity index (χ2v) is 8.20. The lowest BCUT2D eigenvalue weighted by Gasteiger charge is -2.45. The molecule has 6 nitrogen and oxygen atoms in total. The van der Waals surface area contributed by atoms with Crippen molar-refractivity contribution < 1.29 is 9.59 Å². The number of anilines is 2. The minimum Gasteiger partial charge on any atom is -0.349 e. The summed E-state index contributed by atoms with van der Waals surface area (Å²) >= 11 is 0. The highest BCUT2D eigenvalue weighted by Gasteiger charge is 2.39. The zero-order chi connectivity index (χ0) is 20.2. The smallest absolute Gasteiger partial charge is 0.323 e. The number of hydrogen-bond donors (Lipinski definition) is 4. The van der Waals surface area contributed by atoms with Crippen LogP contribution >= 0.6 is 12.4 Å². The van der Waals surface area contributed by atoms with Gasteiger partial charge in [-0.25, -0.2) is 4.79 Å². The quantitative estimate of drug-likeness (QED) is 0.581. The van der Waals surface area contributed by atoms with E-state index in [0.29, 0.717) is 23.1 Å². The SMILES string of the molecule is Cl.NC1CC2CCCC(C1)C2NC(=O)c1ccc(NC(=O)Nc2ccccc2)cc1. The van der Waals surface area contributed by atoms with Gasteiger partial charge in [0.1, 0.15) is 0 Å². The first kappa shape index (κ1) is 22.1. The average molecular weight is 429 g/mol. The Morgan fingerprint density at radius 1 is 0.833 bits per heavy atom. The van der Waals surface area contributed by atoms with Gasteiger partial charge in [0.15, 0.2) is 0 Å². The molecule has 2 fully saturated rings. The van der Waals surface area contributed by atoms with E-state index in [0.717, 1.165) is 31.4 Å². The number of hydrogen-bond acceptors (Lipinski definition) is 3. The van der Waals surface area contributed by atoms with E-state index in [4.69, 9.17) is 5.73 Å². The van der Waals surface area contributed by atoms with Gasteiger partial charge in [0.25, 0.3) is 5.91 Å². The molecule has 5 N–H and O–H groups in total. The highest BCUT2D eigenvalue weighted by molar-refractivity contribution is 6.00. The van der Waals surface area contributed by atoms with E-state index in [1.807, 2.05) is 30.3 Å². The first-order chi connectivity index (χ1) is 14.1. The van der Waals surface area contributed by atoms with Gasteiger partial charge in [0, 0.05) is 29.0 Å². The Morgan fingerprint density at radius 3 is 2.00 bits per heavy atom. The maximum absolute atomic E-state index is 12.8. The van der Waals surface area contributed by atoms with Crippen molar-refractivity contribution in [2.75, 3.05) is 10.6 Å². The highest BCUT2D eigenvalue weighted by atomic mass is 35.5. The Hall–Kier alpha value is -2.57. The van der Waals surface area contributed by atoms with Crippen LogP contribution in [-0.2, 0) is 0 Å². The van der Waals surface area contributed by atoms with Crippen LogP contribution in [0.5, 0.6) is 0 Å². The van der Waals surface area contributed by atoms with Crippen LogP contribution in [0.3, 0.4) is 0 Å². The molecule has 2 aromatic rings. The fourth-order valence-corrected chi connectivity index (χ4v) is 4.78. The Bertz CT molecular complexity index is 845. The summed E-state index contributed by atoms with van der Waals surface area (Å²) < 4.78 is 0. The van der Waals surface area contributed by atoms with Gasteiger partial charge in [0.05, 0.1) is 0 Å². The lowest BCUT2D eigenvalue weighted by molar-refractivity contribution is 0.0756. The lowest BCUT2D eigenvalue weighted by atomic mass is 9.67. The highest BCUT2D eigenvalue weighted by Crippen LogP contribution is 2.39. The van der Waals surface area contributed by atoms with Gasteiger partial charge in [-0.1, -0.05) is 24.6 Å². The van der Waals surface area contributed by atoms with E-state index in [-0.39, 0.29) is 36.4 Å². The Morgan fingerprint density at radius 2 is 1.40 bits per heavy atom. The maximum Gasteiger partial charge on any atom is 0.323 e. The summed E-state index contributed by atoms with van der Waals surface area (Å²) in [6.07, 6.45) is 5.53. The number of amides is 3. The molecule has 2 aliphatic carbocycles. The van der Waals surface area contributed by atoms with Crippen molar-refractivity contribution in [2.24, 2.45) is 17.6 Å². The van der Waals surface area contributed by atoms with Gasteiger partial charge in [-0.05, 0) is 73.9 Å². The van der Waals surface area contributed by atoms with Gasteiger partial charge in [-0.15, -0.1) is 12.4 Å². The average Bonchev–Trinajstić information content (AvgIpc) is 2.70. The molecule has 0 heterocycles. The molecule has 2 aromatic carbocycles. The van der Waals surface area contributed by atoms with Gasteiger partial charge in [-0.2, -0.15) is 0 Å².